The van der Waals surface area contributed by atoms with Crippen molar-refractivity contribution < 1.29 is 9.53 Å². The molecule has 0 aliphatic rings. The summed E-state index contributed by atoms with van der Waals surface area (Å²) in [5.41, 5.74) is 3.47. The van der Waals surface area contributed by atoms with E-state index in [-0.39, 0.29) is 5.91 Å². The second-order valence-corrected chi connectivity index (χ2v) is 4.40. The maximum atomic E-state index is 12.2. The second kappa shape index (κ2) is 6.16. The summed E-state index contributed by atoms with van der Waals surface area (Å²) >= 11 is 0. The summed E-state index contributed by atoms with van der Waals surface area (Å²) in [7, 11) is 1.65. The molecular weight excluding hydrogens is 238 g/mol. The molecule has 0 aliphatic carbocycles. The monoisotopic (exact) mass is 255 g/mol. The number of hydrogen-bond acceptors (Lipinski definition) is 2. The summed E-state index contributed by atoms with van der Waals surface area (Å²) in [6.45, 7) is 2.46. The van der Waals surface area contributed by atoms with Gasteiger partial charge < -0.3 is 10.1 Å². The minimum Gasteiger partial charge on any atom is -0.380 e. The Balaban J connectivity index is 2.15. The minimum absolute atomic E-state index is 0.0901. The van der Waals surface area contributed by atoms with Gasteiger partial charge in [-0.05, 0) is 36.2 Å². The Kier molecular flexibility index (Phi) is 4.31. The first-order valence-corrected chi connectivity index (χ1v) is 6.15. The molecule has 2 aromatic carbocycles. The van der Waals surface area contributed by atoms with Gasteiger partial charge in [-0.3, -0.25) is 4.79 Å². The predicted octanol–water partition coefficient (Wildman–Crippen LogP) is 3.39. The van der Waals surface area contributed by atoms with Crippen LogP contribution in [-0.2, 0) is 11.3 Å². The van der Waals surface area contributed by atoms with Crippen LogP contribution in [0.15, 0.2) is 48.5 Å². The predicted molar refractivity (Wildman–Crippen MR) is 76.3 cm³/mol. The summed E-state index contributed by atoms with van der Waals surface area (Å²) in [6.07, 6.45) is 0. The molecule has 0 aromatic heterocycles. The van der Waals surface area contributed by atoms with Gasteiger partial charge in [-0.2, -0.15) is 0 Å². The lowest BCUT2D eigenvalue weighted by atomic mass is 10.1. The molecule has 3 nitrogen and oxygen atoms in total. The molecule has 0 radical (unpaired) electrons. The molecule has 0 aliphatic heterocycles. The van der Waals surface area contributed by atoms with Crippen molar-refractivity contribution in [3.05, 3.63) is 65.2 Å². The average molecular weight is 255 g/mol. The number of hydrogen-bond donors (Lipinski definition) is 1. The summed E-state index contributed by atoms with van der Waals surface area (Å²) in [5.74, 6) is -0.0901. The number of amides is 1. The Hall–Kier alpha value is -2.13. The number of rotatable bonds is 4. The fourth-order valence-corrected chi connectivity index (χ4v) is 1.93. The lowest BCUT2D eigenvalue weighted by Gasteiger charge is -2.08. The van der Waals surface area contributed by atoms with E-state index in [1.165, 1.54) is 0 Å². The molecular formula is C16H17NO2. The van der Waals surface area contributed by atoms with E-state index in [0.29, 0.717) is 12.2 Å². The van der Waals surface area contributed by atoms with Crippen molar-refractivity contribution in [1.29, 1.82) is 0 Å². The van der Waals surface area contributed by atoms with Crippen LogP contribution in [0.3, 0.4) is 0 Å². The quantitative estimate of drug-likeness (QED) is 0.909. The van der Waals surface area contributed by atoms with Crippen molar-refractivity contribution in [3.8, 4) is 0 Å². The van der Waals surface area contributed by atoms with Gasteiger partial charge in [0.05, 0.1) is 6.61 Å². The zero-order valence-corrected chi connectivity index (χ0v) is 11.1. The molecule has 0 atom stereocenters. The van der Waals surface area contributed by atoms with E-state index >= 15 is 0 Å². The van der Waals surface area contributed by atoms with E-state index in [9.17, 15) is 4.79 Å². The van der Waals surface area contributed by atoms with Crippen LogP contribution in [0, 0.1) is 6.92 Å². The van der Waals surface area contributed by atoms with Gasteiger partial charge in [-0.1, -0.05) is 30.3 Å². The van der Waals surface area contributed by atoms with E-state index in [2.05, 4.69) is 5.32 Å². The molecule has 0 heterocycles. The van der Waals surface area contributed by atoms with Gasteiger partial charge in [0.15, 0.2) is 0 Å². The molecule has 98 valence electrons. The zero-order chi connectivity index (χ0) is 13.7. The molecule has 19 heavy (non-hydrogen) atoms. The maximum Gasteiger partial charge on any atom is 0.255 e. The van der Waals surface area contributed by atoms with Gasteiger partial charge in [-0.15, -0.1) is 0 Å². The minimum atomic E-state index is -0.0901. The molecule has 2 rings (SSSR count). The smallest absolute Gasteiger partial charge is 0.255 e. The highest BCUT2D eigenvalue weighted by Crippen LogP contribution is 2.14. The van der Waals surface area contributed by atoms with Crippen molar-refractivity contribution in [2.45, 2.75) is 13.5 Å². The van der Waals surface area contributed by atoms with Gasteiger partial charge in [0.25, 0.3) is 5.91 Å². The summed E-state index contributed by atoms with van der Waals surface area (Å²) in [5, 5.41) is 2.90. The number of carbonyl (C=O) groups is 1. The van der Waals surface area contributed by atoms with E-state index in [1.807, 2.05) is 55.5 Å². The Morgan fingerprint density at radius 2 is 1.95 bits per heavy atom. The molecule has 0 fully saturated rings. The van der Waals surface area contributed by atoms with Gasteiger partial charge in [0, 0.05) is 18.4 Å². The van der Waals surface area contributed by atoms with Crippen molar-refractivity contribution in [3.63, 3.8) is 0 Å². The van der Waals surface area contributed by atoms with E-state index in [0.717, 1.165) is 16.8 Å². The van der Waals surface area contributed by atoms with Crippen LogP contribution in [0.25, 0.3) is 0 Å². The molecule has 0 spiro atoms. The largest absolute Gasteiger partial charge is 0.380 e. The van der Waals surface area contributed by atoms with Crippen LogP contribution in [0.4, 0.5) is 5.69 Å². The van der Waals surface area contributed by atoms with Crippen LogP contribution >= 0.6 is 0 Å². The number of carbonyl (C=O) groups excluding carboxylic acids is 1. The molecule has 1 N–H and O–H groups in total. The normalized spacial score (nSPS) is 10.2. The number of aryl methyl sites for hydroxylation is 1. The fourth-order valence-electron chi connectivity index (χ4n) is 1.93. The molecule has 0 bridgehead atoms. The number of nitrogens with one attached hydrogen (secondary N) is 1. The van der Waals surface area contributed by atoms with Crippen LogP contribution in [0.1, 0.15) is 21.5 Å². The Morgan fingerprint density at radius 3 is 2.68 bits per heavy atom. The van der Waals surface area contributed by atoms with Gasteiger partial charge >= 0.3 is 0 Å². The molecule has 3 heteroatoms. The van der Waals surface area contributed by atoms with Crippen molar-refractivity contribution in [2.75, 3.05) is 12.4 Å². The van der Waals surface area contributed by atoms with Crippen LogP contribution in [-0.4, -0.2) is 13.0 Å². The van der Waals surface area contributed by atoms with Crippen LogP contribution in [0.5, 0.6) is 0 Å². The van der Waals surface area contributed by atoms with Crippen LogP contribution < -0.4 is 5.32 Å². The number of ether oxygens (including phenoxy) is 1. The third kappa shape index (κ3) is 3.42. The van der Waals surface area contributed by atoms with Gasteiger partial charge in [0.2, 0.25) is 0 Å². The highest BCUT2D eigenvalue weighted by molar-refractivity contribution is 6.05. The summed E-state index contributed by atoms with van der Waals surface area (Å²) in [4.78, 5) is 12.2. The first kappa shape index (κ1) is 13.3. The van der Waals surface area contributed by atoms with Crippen molar-refractivity contribution in [1.82, 2.24) is 0 Å². The van der Waals surface area contributed by atoms with Crippen molar-refractivity contribution in [2.24, 2.45) is 0 Å². The first-order valence-electron chi connectivity index (χ1n) is 6.15. The third-order valence-electron chi connectivity index (χ3n) is 2.89. The van der Waals surface area contributed by atoms with Crippen molar-refractivity contribution >= 4 is 11.6 Å². The Morgan fingerprint density at radius 1 is 1.16 bits per heavy atom. The van der Waals surface area contributed by atoms with E-state index in [1.54, 1.807) is 7.11 Å². The summed E-state index contributed by atoms with van der Waals surface area (Å²) in [6, 6.07) is 15.2. The van der Waals surface area contributed by atoms with E-state index < -0.39 is 0 Å². The molecule has 0 saturated heterocycles. The average Bonchev–Trinajstić information content (AvgIpc) is 2.40. The Bertz CT molecular complexity index is 578. The number of methoxy groups -OCH3 is 1. The number of anilines is 1. The molecule has 1 amide bonds. The first-order chi connectivity index (χ1) is 9.20. The third-order valence-corrected chi connectivity index (χ3v) is 2.89. The van der Waals surface area contributed by atoms with Gasteiger partial charge in [0.1, 0.15) is 0 Å². The Labute approximate surface area is 113 Å². The zero-order valence-electron chi connectivity index (χ0n) is 11.1. The standard InChI is InChI=1S/C16H17NO2/c1-12-6-3-4-9-15(12)16(18)17-14-8-5-7-13(10-14)11-19-2/h3-10H,11H2,1-2H3,(H,17,18). The highest BCUT2D eigenvalue weighted by atomic mass is 16.5. The topological polar surface area (TPSA) is 38.3 Å². The second-order valence-electron chi connectivity index (χ2n) is 4.40. The van der Waals surface area contributed by atoms with Crippen LogP contribution in [0.2, 0.25) is 0 Å². The SMILES string of the molecule is COCc1cccc(NC(=O)c2ccccc2C)c1. The lowest BCUT2D eigenvalue weighted by molar-refractivity contribution is 0.102. The molecule has 0 saturated carbocycles. The lowest BCUT2D eigenvalue weighted by Crippen LogP contribution is -2.13. The molecule has 2 aromatic rings. The highest BCUT2D eigenvalue weighted by Gasteiger charge is 2.08. The van der Waals surface area contributed by atoms with E-state index in [4.69, 9.17) is 4.74 Å². The number of benzene rings is 2. The fraction of sp³-hybridized carbons (Fsp3) is 0.188. The van der Waals surface area contributed by atoms with Gasteiger partial charge in [-0.25, -0.2) is 0 Å². The maximum absolute atomic E-state index is 12.2. The molecule has 0 unspecified atom stereocenters. The summed E-state index contributed by atoms with van der Waals surface area (Å²) < 4.78 is 5.08.